The summed E-state index contributed by atoms with van der Waals surface area (Å²) in [5, 5.41) is 8.77. The molecule has 1 fully saturated rings. The van der Waals surface area contributed by atoms with Crippen molar-refractivity contribution >= 4 is 29.1 Å². The lowest BCUT2D eigenvalue weighted by atomic mass is 10.2. The van der Waals surface area contributed by atoms with Gasteiger partial charge in [-0.15, -0.1) is 5.10 Å². The number of hydrogen-bond acceptors (Lipinski definition) is 6. The van der Waals surface area contributed by atoms with Gasteiger partial charge in [0.2, 0.25) is 5.91 Å². The Labute approximate surface area is 173 Å². The summed E-state index contributed by atoms with van der Waals surface area (Å²) < 4.78 is 23.7. The second kappa shape index (κ2) is 9.56. The Morgan fingerprint density at radius 3 is 2.59 bits per heavy atom. The number of benzene rings is 2. The van der Waals surface area contributed by atoms with E-state index < -0.39 is 0 Å². The molecule has 0 spiro atoms. The first kappa shape index (κ1) is 20.9. The fourth-order valence-corrected chi connectivity index (χ4v) is 3.85. The number of carbonyl (C=O) groups excluding carboxylic acids is 1. The van der Waals surface area contributed by atoms with Gasteiger partial charge in [0.1, 0.15) is 17.3 Å². The van der Waals surface area contributed by atoms with Crippen LogP contribution in [0.5, 0.6) is 11.5 Å². The zero-order valence-electron chi connectivity index (χ0n) is 16.5. The van der Waals surface area contributed by atoms with E-state index in [-0.39, 0.29) is 17.0 Å². The number of thioether (sulfide) groups is 1. The molecular weight excluding hydrogens is 393 g/mol. The van der Waals surface area contributed by atoms with Gasteiger partial charge < -0.3 is 9.47 Å². The molecule has 0 bridgehead atoms. The Kier molecular flexibility index (Phi) is 6.87. The largest absolute Gasteiger partial charge is 0.497 e. The van der Waals surface area contributed by atoms with Crippen molar-refractivity contribution in [2.24, 2.45) is 10.2 Å². The average Bonchev–Trinajstić information content (AvgIpc) is 3.04. The summed E-state index contributed by atoms with van der Waals surface area (Å²) in [4.78, 5) is 14.3. The molecule has 2 aromatic carbocycles. The molecule has 2 aromatic rings. The first-order valence-electron chi connectivity index (χ1n) is 9.11. The van der Waals surface area contributed by atoms with Gasteiger partial charge in [-0.3, -0.25) is 9.69 Å². The molecule has 8 heteroatoms. The number of methoxy groups -OCH3 is 2. The molecule has 1 saturated heterocycles. The van der Waals surface area contributed by atoms with Crippen LogP contribution in [0.3, 0.4) is 0 Å². The van der Waals surface area contributed by atoms with Crippen LogP contribution >= 0.6 is 11.8 Å². The average molecular weight is 415 g/mol. The van der Waals surface area contributed by atoms with Gasteiger partial charge in [-0.2, -0.15) is 5.10 Å². The van der Waals surface area contributed by atoms with Crippen LogP contribution in [-0.2, 0) is 11.3 Å². The number of halogens is 1. The number of hydrogen-bond donors (Lipinski definition) is 0. The van der Waals surface area contributed by atoms with Crippen molar-refractivity contribution in [1.82, 2.24) is 4.90 Å². The van der Waals surface area contributed by atoms with E-state index in [9.17, 15) is 9.18 Å². The molecule has 29 heavy (non-hydrogen) atoms. The van der Waals surface area contributed by atoms with Crippen LogP contribution in [0.4, 0.5) is 4.39 Å². The van der Waals surface area contributed by atoms with Crippen LogP contribution in [0.1, 0.15) is 24.5 Å². The Morgan fingerprint density at radius 1 is 1.17 bits per heavy atom. The monoisotopic (exact) mass is 415 g/mol. The molecule has 1 amide bonds. The summed E-state index contributed by atoms with van der Waals surface area (Å²) in [5.41, 5.74) is 1.56. The van der Waals surface area contributed by atoms with E-state index >= 15 is 0 Å². The standard InChI is InChI=1S/C21H22FN3O3S/c1-4-19-20(26)25(13-14-5-8-16(22)9-6-14)21(29-19)24-23-12-15-7-10-17(27-2)11-18(15)28-3/h5-12,19H,4,13H2,1-3H3/b23-12-,24-21-/t19-/m0/s1. The quantitative estimate of drug-likeness (QED) is 0.505. The van der Waals surface area contributed by atoms with Gasteiger partial charge in [0.05, 0.1) is 32.2 Å². The second-order valence-electron chi connectivity index (χ2n) is 6.30. The molecule has 1 aliphatic heterocycles. The molecule has 0 unspecified atom stereocenters. The molecule has 0 N–H and O–H groups in total. The second-order valence-corrected chi connectivity index (χ2v) is 7.47. The van der Waals surface area contributed by atoms with Gasteiger partial charge >= 0.3 is 0 Å². The third-order valence-electron chi connectivity index (χ3n) is 4.43. The molecule has 0 aromatic heterocycles. The van der Waals surface area contributed by atoms with E-state index in [0.29, 0.717) is 29.6 Å². The van der Waals surface area contributed by atoms with Crippen LogP contribution in [0.25, 0.3) is 0 Å². The van der Waals surface area contributed by atoms with Crippen LogP contribution in [-0.4, -0.2) is 41.7 Å². The molecule has 0 aliphatic carbocycles. The van der Waals surface area contributed by atoms with Crippen molar-refractivity contribution in [1.29, 1.82) is 0 Å². The third kappa shape index (κ3) is 4.95. The van der Waals surface area contributed by atoms with E-state index in [4.69, 9.17) is 9.47 Å². The SMILES string of the molecule is CC[C@@H]1S/C(=N\N=C/c2ccc(OC)cc2OC)N(Cc2ccc(F)cc2)C1=O. The fraction of sp³-hybridized carbons (Fsp3) is 0.286. The zero-order valence-corrected chi connectivity index (χ0v) is 17.3. The highest BCUT2D eigenvalue weighted by Crippen LogP contribution is 2.31. The maximum Gasteiger partial charge on any atom is 0.242 e. The van der Waals surface area contributed by atoms with E-state index in [2.05, 4.69) is 10.2 Å². The molecule has 1 aliphatic rings. The van der Waals surface area contributed by atoms with Gasteiger partial charge in [0.15, 0.2) is 5.17 Å². The maximum absolute atomic E-state index is 13.2. The normalized spacial score (nSPS) is 18.1. The minimum absolute atomic E-state index is 0.0159. The lowest BCUT2D eigenvalue weighted by Crippen LogP contribution is -2.31. The summed E-state index contributed by atoms with van der Waals surface area (Å²) in [6.45, 7) is 2.28. The molecule has 0 radical (unpaired) electrons. The van der Waals surface area contributed by atoms with E-state index in [1.807, 2.05) is 13.0 Å². The van der Waals surface area contributed by atoms with E-state index in [1.165, 1.54) is 23.9 Å². The van der Waals surface area contributed by atoms with Crippen molar-refractivity contribution < 1.29 is 18.7 Å². The lowest BCUT2D eigenvalue weighted by molar-refractivity contribution is -0.126. The van der Waals surface area contributed by atoms with Crippen LogP contribution in [0.15, 0.2) is 52.7 Å². The smallest absolute Gasteiger partial charge is 0.242 e. The molecular formula is C21H22FN3O3S. The van der Waals surface area contributed by atoms with Crippen LogP contribution in [0.2, 0.25) is 0 Å². The fourth-order valence-electron chi connectivity index (χ4n) is 2.83. The molecule has 3 rings (SSSR count). The Bertz CT molecular complexity index is 931. The highest BCUT2D eigenvalue weighted by Gasteiger charge is 2.36. The molecule has 1 heterocycles. The summed E-state index contributed by atoms with van der Waals surface area (Å²) in [6, 6.07) is 11.5. The van der Waals surface area contributed by atoms with Gasteiger partial charge in [-0.25, -0.2) is 4.39 Å². The number of amides is 1. The highest BCUT2D eigenvalue weighted by atomic mass is 32.2. The number of ether oxygens (including phenoxy) is 2. The number of nitrogens with zero attached hydrogens (tertiary/aromatic N) is 3. The van der Waals surface area contributed by atoms with Crippen LogP contribution < -0.4 is 9.47 Å². The van der Waals surface area contributed by atoms with E-state index in [1.54, 1.807) is 49.6 Å². The Hall–Kier alpha value is -2.87. The summed E-state index contributed by atoms with van der Waals surface area (Å²) in [6.07, 6.45) is 2.27. The van der Waals surface area contributed by atoms with E-state index in [0.717, 1.165) is 11.1 Å². The molecule has 1 atom stereocenters. The van der Waals surface area contributed by atoms with Crippen molar-refractivity contribution in [3.8, 4) is 11.5 Å². The minimum atomic E-state index is -0.311. The predicted molar refractivity (Wildman–Crippen MR) is 113 cm³/mol. The van der Waals surface area contributed by atoms with Crippen LogP contribution in [0, 0.1) is 5.82 Å². The van der Waals surface area contributed by atoms with Gasteiger partial charge in [-0.1, -0.05) is 30.8 Å². The molecule has 0 saturated carbocycles. The van der Waals surface area contributed by atoms with Crippen molar-refractivity contribution in [3.05, 3.63) is 59.4 Å². The van der Waals surface area contributed by atoms with Crippen molar-refractivity contribution in [2.45, 2.75) is 25.1 Å². The summed E-state index contributed by atoms with van der Waals surface area (Å²) in [7, 11) is 3.16. The Balaban J connectivity index is 1.82. The molecule has 6 nitrogen and oxygen atoms in total. The summed E-state index contributed by atoms with van der Waals surface area (Å²) in [5.74, 6) is 0.962. The Morgan fingerprint density at radius 2 is 1.93 bits per heavy atom. The topological polar surface area (TPSA) is 63.5 Å². The van der Waals surface area contributed by atoms with Crippen molar-refractivity contribution in [2.75, 3.05) is 14.2 Å². The number of rotatable bonds is 7. The predicted octanol–water partition coefficient (Wildman–Crippen LogP) is 4.09. The van der Waals surface area contributed by atoms with Gasteiger partial charge in [0, 0.05) is 11.6 Å². The lowest BCUT2D eigenvalue weighted by Gasteiger charge is -2.15. The highest BCUT2D eigenvalue weighted by molar-refractivity contribution is 8.15. The molecule has 152 valence electrons. The first-order valence-corrected chi connectivity index (χ1v) is 9.99. The van der Waals surface area contributed by atoms with Gasteiger partial charge in [0.25, 0.3) is 0 Å². The van der Waals surface area contributed by atoms with Crippen molar-refractivity contribution in [3.63, 3.8) is 0 Å². The number of amidine groups is 1. The van der Waals surface area contributed by atoms with Gasteiger partial charge in [-0.05, 0) is 36.2 Å². The zero-order chi connectivity index (χ0) is 20.8. The number of carbonyl (C=O) groups is 1. The summed E-state index contributed by atoms with van der Waals surface area (Å²) >= 11 is 1.39. The third-order valence-corrected chi connectivity index (χ3v) is 5.76. The first-order chi connectivity index (χ1) is 14.0. The minimum Gasteiger partial charge on any atom is -0.497 e. The maximum atomic E-state index is 13.2.